The fourth-order valence-electron chi connectivity index (χ4n) is 1.68. The summed E-state index contributed by atoms with van der Waals surface area (Å²) in [6.45, 7) is 3.58. The molecule has 0 saturated heterocycles. The van der Waals surface area contributed by atoms with Gasteiger partial charge in [-0.05, 0) is 25.5 Å². The number of nitrogens with zero attached hydrogens (tertiary/aromatic N) is 3. The van der Waals surface area contributed by atoms with E-state index in [0.29, 0.717) is 23.1 Å². The molecule has 0 unspecified atom stereocenters. The molecule has 1 aromatic carbocycles. The summed E-state index contributed by atoms with van der Waals surface area (Å²) < 4.78 is 5.65. The summed E-state index contributed by atoms with van der Waals surface area (Å²) in [5.74, 6) is 1.37. The van der Waals surface area contributed by atoms with Crippen molar-refractivity contribution < 1.29 is 9.66 Å². The van der Waals surface area contributed by atoms with Gasteiger partial charge in [0, 0.05) is 30.9 Å². The SMILES string of the molecule is CNc1nc(C)cc(Oc2ccc([N+](=O)[O-])cc2C)n1. The van der Waals surface area contributed by atoms with Crippen LogP contribution in [0.3, 0.4) is 0 Å². The number of aromatic nitrogens is 2. The highest BCUT2D eigenvalue weighted by molar-refractivity contribution is 5.44. The Kier molecular flexibility index (Phi) is 3.79. The molecule has 7 heteroatoms. The second-order valence-electron chi connectivity index (χ2n) is 4.23. The first kappa shape index (κ1) is 13.7. The molecule has 20 heavy (non-hydrogen) atoms. The Hall–Kier alpha value is -2.70. The summed E-state index contributed by atoms with van der Waals surface area (Å²) in [5, 5.41) is 13.5. The zero-order valence-corrected chi connectivity index (χ0v) is 11.4. The number of non-ortho nitro benzene ring substituents is 1. The average molecular weight is 274 g/mol. The molecule has 0 bridgehead atoms. The van der Waals surface area contributed by atoms with Gasteiger partial charge >= 0.3 is 0 Å². The van der Waals surface area contributed by atoms with E-state index in [1.54, 1.807) is 26.1 Å². The average Bonchev–Trinajstić information content (AvgIpc) is 2.40. The van der Waals surface area contributed by atoms with Gasteiger partial charge in [-0.15, -0.1) is 0 Å². The lowest BCUT2D eigenvalue weighted by Gasteiger charge is -2.09. The normalized spacial score (nSPS) is 10.2. The molecule has 0 radical (unpaired) electrons. The Bertz CT molecular complexity index is 658. The van der Waals surface area contributed by atoms with Crippen LogP contribution in [0.25, 0.3) is 0 Å². The van der Waals surface area contributed by atoms with E-state index in [1.165, 1.54) is 12.1 Å². The van der Waals surface area contributed by atoms with Gasteiger partial charge in [0.1, 0.15) is 5.75 Å². The molecule has 2 aromatic rings. The van der Waals surface area contributed by atoms with E-state index in [0.717, 1.165) is 5.69 Å². The maximum atomic E-state index is 10.7. The molecule has 0 aliphatic heterocycles. The molecule has 2 rings (SSSR count). The molecule has 0 saturated carbocycles. The molecule has 0 aliphatic rings. The molecular formula is C13H14N4O3. The zero-order valence-electron chi connectivity index (χ0n) is 11.4. The molecule has 1 N–H and O–H groups in total. The number of ether oxygens (including phenoxy) is 1. The lowest BCUT2D eigenvalue weighted by molar-refractivity contribution is -0.384. The maximum Gasteiger partial charge on any atom is 0.269 e. The number of rotatable bonds is 4. The number of anilines is 1. The van der Waals surface area contributed by atoms with E-state index in [4.69, 9.17) is 4.74 Å². The lowest BCUT2D eigenvalue weighted by Crippen LogP contribution is -2.00. The highest BCUT2D eigenvalue weighted by atomic mass is 16.6. The molecule has 1 aromatic heterocycles. The minimum absolute atomic E-state index is 0.0321. The van der Waals surface area contributed by atoms with Crippen molar-refractivity contribution >= 4 is 11.6 Å². The van der Waals surface area contributed by atoms with Crippen LogP contribution < -0.4 is 10.1 Å². The fourth-order valence-corrected chi connectivity index (χ4v) is 1.68. The van der Waals surface area contributed by atoms with Gasteiger partial charge in [-0.2, -0.15) is 4.98 Å². The van der Waals surface area contributed by atoms with Crippen molar-refractivity contribution in [1.29, 1.82) is 0 Å². The molecule has 1 heterocycles. The van der Waals surface area contributed by atoms with Gasteiger partial charge in [-0.25, -0.2) is 4.98 Å². The van der Waals surface area contributed by atoms with Crippen molar-refractivity contribution in [3.05, 3.63) is 45.6 Å². The Morgan fingerprint density at radius 1 is 1.25 bits per heavy atom. The highest BCUT2D eigenvalue weighted by Crippen LogP contribution is 2.27. The predicted octanol–water partition coefficient (Wildman–Crippen LogP) is 2.84. The van der Waals surface area contributed by atoms with Crippen molar-refractivity contribution in [2.24, 2.45) is 0 Å². The van der Waals surface area contributed by atoms with Crippen molar-refractivity contribution in [2.75, 3.05) is 12.4 Å². The van der Waals surface area contributed by atoms with Crippen molar-refractivity contribution in [3.63, 3.8) is 0 Å². The van der Waals surface area contributed by atoms with Crippen LogP contribution in [-0.4, -0.2) is 21.9 Å². The molecule has 0 fully saturated rings. The second-order valence-corrected chi connectivity index (χ2v) is 4.23. The minimum atomic E-state index is -0.440. The Morgan fingerprint density at radius 2 is 2.00 bits per heavy atom. The second kappa shape index (κ2) is 5.52. The summed E-state index contributed by atoms with van der Waals surface area (Å²) in [5.41, 5.74) is 1.46. The summed E-state index contributed by atoms with van der Waals surface area (Å²) in [6, 6.07) is 6.11. The topological polar surface area (TPSA) is 90.2 Å². The Balaban J connectivity index is 2.30. The highest BCUT2D eigenvalue weighted by Gasteiger charge is 2.10. The third-order valence-electron chi connectivity index (χ3n) is 2.64. The molecule has 104 valence electrons. The van der Waals surface area contributed by atoms with E-state index in [1.807, 2.05) is 6.92 Å². The summed E-state index contributed by atoms with van der Waals surface area (Å²) >= 11 is 0. The zero-order chi connectivity index (χ0) is 14.7. The molecule has 0 spiro atoms. The van der Waals surface area contributed by atoms with E-state index in [9.17, 15) is 10.1 Å². The van der Waals surface area contributed by atoms with Crippen LogP contribution in [0, 0.1) is 24.0 Å². The standard InChI is InChI=1S/C13H14N4O3/c1-8-6-10(17(18)19)4-5-11(8)20-12-7-9(2)15-13(14-3)16-12/h4-7H,1-3H3,(H,14,15,16). The number of aryl methyl sites for hydroxylation is 2. The van der Waals surface area contributed by atoms with Crippen LogP contribution in [0.1, 0.15) is 11.3 Å². The Labute approximate surface area is 115 Å². The summed E-state index contributed by atoms with van der Waals surface area (Å²) in [7, 11) is 1.72. The van der Waals surface area contributed by atoms with Crippen LogP contribution in [0.2, 0.25) is 0 Å². The third-order valence-corrected chi connectivity index (χ3v) is 2.64. The summed E-state index contributed by atoms with van der Waals surface area (Å²) in [4.78, 5) is 18.6. The first-order valence-electron chi connectivity index (χ1n) is 5.96. The monoisotopic (exact) mass is 274 g/mol. The predicted molar refractivity (Wildman–Crippen MR) is 74.2 cm³/mol. The molecule has 7 nitrogen and oxygen atoms in total. The first-order valence-corrected chi connectivity index (χ1v) is 5.96. The maximum absolute atomic E-state index is 10.7. The Morgan fingerprint density at radius 3 is 2.60 bits per heavy atom. The van der Waals surface area contributed by atoms with Crippen LogP contribution in [-0.2, 0) is 0 Å². The van der Waals surface area contributed by atoms with Gasteiger partial charge in [-0.1, -0.05) is 0 Å². The van der Waals surface area contributed by atoms with Crippen molar-refractivity contribution in [3.8, 4) is 11.6 Å². The molecular weight excluding hydrogens is 260 g/mol. The first-order chi connectivity index (χ1) is 9.49. The number of nitro groups is 1. The largest absolute Gasteiger partial charge is 0.439 e. The van der Waals surface area contributed by atoms with Crippen LogP contribution in [0.15, 0.2) is 24.3 Å². The minimum Gasteiger partial charge on any atom is -0.439 e. The van der Waals surface area contributed by atoms with Gasteiger partial charge in [0.15, 0.2) is 0 Å². The third kappa shape index (κ3) is 3.00. The van der Waals surface area contributed by atoms with Gasteiger partial charge in [0.25, 0.3) is 5.69 Å². The molecule has 0 atom stereocenters. The fraction of sp³-hybridized carbons (Fsp3) is 0.231. The number of nitro benzene ring substituents is 1. The van der Waals surface area contributed by atoms with Gasteiger partial charge in [0.2, 0.25) is 11.8 Å². The number of hydrogen-bond donors (Lipinski definition) is 1. The van der Waals surface area contributed by atoms with Gasteiger partial charge in [-0.3, -0.25) is 10.1 Å². The van der Waals surface area contributed by atoms with Crippen LogP contribution in [0.5, 0.6) is 11.6 Å². The number of nitrogens with one attached hydrogen (secondary N) is 1. The van der Waals surface area contributed by atoms with E-state index in [2.05, 4.69) is 15.3 Å². The van der Waals surface area contributed by atoms with Crippen molar-refractivity contribution in [2.45, 2.75) is 13.8 Å². The summed E-state index contributed by atoms with van der Waals surface area (Å²) in [6.07, 6.45) is 0. The lowest BCUT2D eigenvalue weighted by atomic mass is 10.2. The van der Waals surface area contributed by atoms with Crippen LogP contribution in [0.4, 0.5) is 11.6 Å². The quantitative estimate of drug-likeness (QED) is 0.681. The number of benzene rings is 1. The van der Waals surface area contributed by atoms with Gasteiger partial charge in [0.05, 0.1) is 4.92 Å². The van der Waals surface area contributed by atoms with Gasteiger partial charge < -0.3 is 10.1 Å². The number of hydrogen-bond acceptors (Lipinski definition) is 6. The van der Waals surface area contributed by atoms with E-state index < -0.39 is 4.92 Å². The van der Waals surface area contributed by atoms with E-state index in [-0.39, 0.29) is 5.69 Å². The van der Waals surface area contributed by atoms with Crippen LogP contribution >= 0.6 is 0 Å². The molecule has 0 amide bonds. The molecule has 0 aliphatic carbocycles. The van der Waals surface area contributed by atoms with E-state index >= 15 is 0 Å². The smallest absolute Gasteiger partial charge is 0.269 e. The van der Waals surface area contributed by atoms with Crippen molar-refractivity contribution in [1.82, 2.24) is 9.97 Å².